The smallest absolute Gasteiger partial charge is 0.166 e. The summed E-state index contributed by atoms with van der Waals surface area (Å²) in [5, 5.41) is 12.1. The van der Waals surface area contributed by atoms with E-state index in [0.29, 0.717) is 43.2 Å². The molecule has 0 atom stereocenters. The summed E-state index contributed by atoms with van der Waals surface area (Å²) in [4.78, 5) is 0. The molecule has 0 saturated carbocycles. The van der Waals surface area contributed by atoms with Crippen molar-refractivity contribution >= 4 is 0 Å². The summed E-state index contributed by atoms with van der Waals surface area (Å²) in [5.41, 5.74) is 1.44. The highest BCUT2D eigenvalue weighted by molar-refractivity contribution is 5.46. The Morgan fingerprint density at radius 3 is 2.58 bits per heavy atom. The first-order valence-corrected chi connectivity index (χ1v) is 8.18. The van der Waals surface area contributed by atoms with Gasteiger partial charge in [0.15, 0.2) is 11.5 Å². The molecule has 0 aliphatic heterocycles. The molecule has 2 aromatic carbocycles. The molecular weight excluding hydrogens is 309 g/mol. The summed E-state index contributed by atoms with van der Waals surface area (Å²) in [5.74, 6) is 0.989. The number of hydrogen-bond acceptors (Lipinski definition) is 4. The zero-order valence-electron chi connectivity index (χ0n) is 13.9. The molecule has 0 heterocycles. The van der Waals surface area contributed by atoms with Gasteiger partial charge in [0.05, 0.1) is 6.61 Å². The van der Waals surface area contributed by atoms with Crippen molar-refractivity contribution in [2.75, 3.05) is 19.8 Å². The van der Waals surface area contributed by atoms with E-state index in [9.17, 15) is 4.39 Å². The van der Waals surface area contributed by atoms with Crippen LogP contribution in [0.3, 0.4) is 0 Å². The van der Waals surface area contributed by atoms with E-state index in [1.54, 1.807) is 18.2 Å². The van der Waals surface area contributed by atoms with E-state index < -0.39 is 0 Å². The fourth-order valence-electron chi connectivity index (χ4n) is 2.33. The summed E-state index contributed by atoms with van der Waals surface area (Å²) in [7, 11) is 0. The Kier molecular flexibility index (Phi) is 7.52. The molecular formula is C19H24FNO3. The van der Waals surface area contributed by atoms with Gasteiger partial charge < -0.3 is 19.9 Å². The van der Waals surface area contributed by atoms with Crippen LogP contribution in [0.1, 0.15) is 24.5 Å². The van der Waals surface area contributed by atoms with Gasteiger partial charge in [0.2, 0.25) is 0 Å². The molecule has 2 aromatic rings. The van der Waals surface area contributed by atoms with Crippen LogP contribution < -0.4 is 14.8 Å². The van der Waals surface area contributed by atoms with Gasteiger partial charge in [-0.05, 0) is 32.0 Å². The van der Waals surface area contributed by atoms with Gasteiger partial charge in [0.25, 0.3) is 0 Å². The maximum atomic E-state index is 13.8. The minimum atomic E-state index is -0.283. The third kappa shape index (κ3) is 5.22. The summed E-state index contributed by atoms with van der Waals surface area (Å²) < 4.78 is 25.3. The zero-order valence-corrected chi connectivity index (χ0v) is 13.9. The van der Waals surface area contributed by atoms with Crippen molar-refractivity contribution < 1.29 is 19.0 Å². The molecule has 4 nitrogen and oxygen atoms in total. The molecule has 0 saturated heterocycles. The largest absolute Gasteiger partial charge is 0.490 e. The van der Waals surface area contributed by atoms with Crippen LogP contribution in [0.5, 0.6) is 11.5 Å². The predicted molar refractivity (Wildman–Crippen MR) is 91.8 cm³/mol. The van der Waals surface area contributed by atoms with Gasteiger partial charge in [0, 0.05) is 24.3 Å². The van der Waals surface area contributed by atoms with Crippen molar-refractivity contribution in [3.63, 3.8) is 0 Å². The summed E-state index contributed by atoms with van der Waals surface area (Å²) in [6.07, 6.45) is 0.691. The standard InChI is InChI=1S/C19H24FNO3/c1-2-23-18-10-5-8-15(13-21-11-6-12-22)19(18)24-14-16-7-3-4-9-17(16)20/h3-5,7-10,21-22H,2,6,11-14H2,1H3. The second-order valence-corrected chi connectivity index (χ2v) is 5.31. The SMILES string of the molecule is CCOc1cccc(CNCCCO)c1OCc1ccccc1F. The Bertz CT molecular complexity index is 634. The van der Waals surface area contributed by atoms with Gasteiger partial charge in [-0.2, -0.15) is 0 Å². The fraction of sp³-hybridized carbons (Fsp3) is 0.368. The van der Waals surface area contributed by atoms with Crippen LogP contribution >= 0.6 is 0 Å². The van der Waals surface area contributed by atoms with Crippen LogP contribution in [0, 0.1) is 5.82 Å². The number of ether oxygens (including phenoxy) is 2. The van der Waals surface area contributed by atoms with Crippen LogP contribution in [0.25, 0.3) is 0 Å². The Balaban J connectivity index is 2.13. The van der Waals surface area contributed by atoms with Crippen molar-refractivity contribution in [1.82, 2.24) is 5.32 Å². The van der Waals surface area contributed by atoms with E-state index in [-0.39, 0.29) is 19.0 Å². The molecule has 24 heavy (non-hydrogen) atoms. The minimum Gasteiger partial charge on any atom is -0.490 e. The van der Waals surface area contributed by atoms with E-state index >= 15 is 0 Å². The number of hydrogen-bond donors (Lipinski definition) is 2. The molecule has 0 aromatic heterocycles. The first-order chi connectivity index (χ1) is 11.8. The average molecular weight is 333 g/mol. The van der Waals surface area contributed by atoms with Crippen LogP contribution in [-0.2, 0) is 13.2 Å². The highest BCUT2D eigenvalue weighted by Gasteiger charge is 2.12. The first kappa shape index (κ1) is 18.2. The number of halogens is 1. The Morgan fingerprint density at radius 1 is 1.04 bits per heavy atom. The molecule has 0 amide bonds. The molecule has 0 fully saturated rings. The molecule has 2 N–H and O–H groups in total. The average Bonchev–Trinajstić information content (AvgIpc) is 2.59. The van der Waals surface area contributed by atoms with Gasteiger partial charge >= 0.3 is 0 Å². The fourth-order valence-corrected chi connectivity index (χ4v) is 2.33. The quantitative estimate of drug-likeness (QED) is 0.655. The normalized spacial score (nSPS) is 10.6. The van der Waals surface area contributed by atoms with Crippen molar-refractivity contribution in [2.24, 2.45) is 0 Å². The summed E-state index contributed by atoms with van der Waals surface area (Å²) in [6, 6.07) is 12.3. The van der Waals surface area contributed by atoms with Gasteiger partial charge in [0.1, 0.15) is 12.4 Å². The molecule has 0 unspecified atom stereocenters. The Hall–Kier alpha value is -2.11. The molecule has 0 spiro atoms. The van der Waals surface area contributed by atoms with Crippen LogP contribution in [0.4, 0.5) is 4.39 Å². The molecule has 0 bridgehead atoms. The predicted octanol–water partition coefficient (Wildman–Crippen LogP) is 3.28. The van der Waals surface area contributed by atoms with E-state index in [0.717, 1.165) is 5.56 Å². The number of nitrogens with one attached hydrogen (secondary N) is 1. The minimum absolute atomic E-state index is 0.139. The number of benzene rings is 2. The molecule has 0 radical (unpaired) electrons. The number of rotatable bonds is 10. The number of aliphatic hydroxyl groups is 1. The van der Waals surface area contributed by atoms with Gasteiger partial charge in [-0.1, -0.05) is 30.3 Å². The van der Waals surface area contributed by atoms with Crippen molar-refractivity contribution in [1.29, 1.82) is 0 Å². The van der Waals surface area contributed by atoms with Gasteiger partial charge in [-0.25, -0.2) is 4.39 Å². The lowest BCUT2D eigenvalue weighted by Crippen LogP contribution is -2.16. The van der Waals surface area contributed by atoms with E-state index in [4.69, 9.17) is 14.6 Å². The topological polar surface area (TPSA) is 50.7 Å². The Labute approximate surface area is 142 Å². The molecule has 0 aliphatic rings. The second kappa shape index (κ2) is 9.90. The lowest BCUT2D eigenvalue weighted by atomic mass is 10.1. The van der Waals surface area contributed by atoms with E-state index in [1.807, 2.05) is 25.1 Å². The number of aliphatic hydroxyl groups excluding tert-OH is 1. The van der Waals surface area contributed by atoms with Gasteiger partial charge in [-0.15, -0.1) is 0 Å². The molecule has 2 rings (SSSR count). The second-order valence-electron chi connectivity index (χ2n) is 5.31. The maximum Gasteiger partial charge on any atom is 0.166 e. The third-order valence-electron chi connectivity index (χ3n) is 3.52. The third-order valence-corrected chi connectivity index (χ3v) is 3.52. The van der Waals surface area contributed by atoms with Crippen molar-refractivity contribution in [3.05, 3.63) is 59.4 Å². The molecule has 0 aliphatic carbocycles. The van der Waals surface area contributed by atoms with Crippen LogP contribution in [-0.4, -0.2) is 24.9 Å². The van der Waals surface area contributed by atoms with Crippen molar-refractivity contribution in [2.45, 2.75) is 26.5 Å². The lowest BCUT2D eigenvalue weighted by molar-refractivity contribution is 0.262. The molecule has 130 valence electrons. The van der Waals surface area contributed by atoms with Crippen LogP contribution in [0.2, 0.25) is 0 Å². The maximum absolute atomic E-state index is 13.8. The Morgan fingerprint density at radius 2 is 1.83 bits per heavy atom. The number of para-hydroxylation sites is 1. The van der Waals surface area contributed by atoms with Gasteiger partial charge in [-0.3, -0.25) is 0 Å². The molecule has 5 heteroatoms. The lowest BCUT2D eigenvalue weighted by Gasteiger charge is -2.16. The zero-order chi connectivity index (χ0) is 17.2. The summed E-state index contributed by atoms with van der Waals surface area (Å²) in [6.45, 7) is 4.03. The van der Waals surface area contributed by atoms with E-state index in [2.05, 4.69) is 5.32 Å². The van der Waals surface area contributed by atoms with Crippen LogP contribution in [0.15, 0.2) is 42.5 Å². The monoisotopic (exact) mass is 333 g/mol. The van der Waals surface area contributed by atoms with E-state index in [1.165, 1.54) is 6.07 Å². The van der Waals surface area contributed by atoms with Crippen molar-refractivity contribution in [3.8, 4) is 11.5 Å². The first-order valence-electron chi connectivity index (χ1n) is 8.18. The highest BCUT2D eigenvalue weighted by atomic mass is 19.1. The highest BCUT2D eigenvalue weighted by Crippen LogP contribution is 2.32. The summed E-state index contributed by atoms with van der Waals surface area (Å²) >= 11 is 0.